The Morgan fingerprint density at radius 3 is 2.62 bits per heavy atom. The van der Waals surface area contributed by atoms with E-state index in [9.17, 15) is 9.90 Å². The molecule has 2 aromatic rings. The molecule has 0 spiro atoms. The van der Waals surface area contributed by atoms with Gasteiger partial charge in [0.25, 0.3) is 0 Å². The number of rotatable bonds is 9. The number of hydrogen-bond donors (Lipinski definition) is 3. The number of likely N-dealkylation sites (N-methyl/N-ethyl adjacent to an activating group) is 1. The molecule has 3 rings (SSSR count). The van der Waals surface area contributed by atoms with Crippen molar-refractivity contribution in [1.29, 1.82) is 0 Å². The predicted molar refractivity (Wildman–Crippen MR) is 122 cm³/mol. The number of hydrazine groups is 1. The third-order valence-electron chi connectivity index (χ3n) is 5.67. The summed E-state index contributed by atoms with van der Waals surface area (Å²) in [6.07, 6.45) is 2.78. The highest BCUT2D eigenvalue weighted by molar-refractivity contribution is 5.70. The first-order valence-electron chi connectivity index (χ1n) is 10.8. The number of benzene rings is 1. The lowest BCUT2D eigenvalue weighted by molar-refractivity contribution is -0.143. The molecule has 5 N–H and O–H groups in total. The smallest absolute Gasteiger partial charge is 0.306 e. The Balaban J connectivity index is 1.69. The Hall–Kier alpha value is -3.10. The van der Waals surface area contributed by atoms with E-state index in [0.717, 1.165) is 18.4 Å². The molecule has 32 heavy (non-hydrogen) atoms. The zero-order chi connectivity index (χ0) is 23.1. The molecule has 172 valence electrons. The molecule has 1 aromatic heterocycles. The number of carbonyl (C=O) groups is 1. The standard InChI is InChI=1S/C24H32N4O4/c1-16-22(32-19-10-6-9-18(13-19)24(29)30)12-11-20(27-16)23(25)21(28(2)26)15-31-14-17-7-4-3-5-8-17/h3-5,7-8,11-12,18-19H,6,9-10,13-15,25-26H2,1-2H3,(H,29,30)/b23-21-/t18-,19?/m0/s1. The molecule has 0 saturated heterocycles. The number of carboxylic acids is 1. The van der Waals surface area contributed by atoms with Crippen LogP contribution in [-0.2, 0) is 16.1 Å². The fourth-order valence-electron chi connectivity index (χ4n) is 3.84. The maximum Gasteiger partial charge on any atom is 0.306 e. The Morgan fingerprint density at radius 1 is 1.22 bits per heavy atom. The summed E-state index contributed by atoms with van der Waals surface area (Å²) in [6, 6.07) is 13.5. The highest BCUT2D eigenvalue weighted by atomic mass is 16.5. The number of aryl methyl sites for hydroxylation is 1. The van der Waals surface area contributed by atoms with Crippen LogP contribution in [-0.4, -0.2) is 40.8 Å². The van der Waals surface area contributed by atoms with Crippen LogP contribution in [0, 0.1) is 12.8 Å². The summed E-state index contributed by atoms with van der Waals surface area (Å²) in [5.74, 6) is 5.53. The second-order valence-electron chi connectivity index (χ2n) is 8.17. The lowest BCUT2D eigenvalue weighted by Crippen LogP contribution is -2.30. The van der Waals surface area contributed by atoms with E-state index < -0.39 is 5.97 Å². The van der Waals surface area contributed by atoms with Crippen LogP contribution in [0.2, 0.25) is 0 Å². The fraction of sp³-hybridized carbons (Fsp3) is 0.417. The summed E-state index contributed by atoms with van der Waals surface area (Å²) in [7, 11) is 1.71. The average molecular weight is 441 g/mol. The average Bonchev–Trinajstić information content (AvgIpc) is 2.78. The number of hydrogen-bond acceptors (Lipinski definition) is 7. The van der Waals surface area contributed by atoms with Gasteiger partial charge in [-0.2, -0.15) is 0 Å². The molecule has 0 bridgehead atoms. The van der Waals surface area contributed by atoms with E-state index in [-0.39, 0.29) is 18.6 Å². The minimum Gasteiger partial charge on any atom is -0.489 e. The minimum absolute atomic E-state index is 0.124. The van der Waals surface area contributed by atoms with E-state index in [1.807, 2.05) is 43.3 Å². The molecular weight excluding hydrogens is 408 g/mol. The summed E-state index contributed by atoms with van der Waals surface area (Å²) in [5, 5.41) is 10.7. The van der Waals surface area contributed by atoms with Gasteiger partial charge in [0.2, 0.25) is 0 Å². The maximum absolute atomic E-state index is 11.3. The number of nitrogens with zero attached hydrogens (tertiary/aromatic N) is 2. The minimum atomic E-state index is -0.755. The van der Waals surface area contributed by atoms with Crippen LogP contribution in [0.5, 0.6) is 5.75 Å². The van der Waals surface area contributed by atoms with Crippen LogP contribution in [0.15, 0.2) is 48.2 Å². The molecular formula is C24H32N4O4. The monoisotopic (exact) mass is 440 g/mol. The van der Waals surface area contributed by atoms with Crippen molar-refractivity contribution in [2.45, 2.75) is 45.3 Å². The first-order valence-corrected chi connectivity index (χ1v) is 10.8. The van der Waals surface area contributed by atoms with Crippen LogP contribution in [0.4, 0.5) is 0 Å². The highest BCUT2D eigenvalue weighted by Gasteiger charge is 2.28. The van der Waals surface area contributed by atoms with Gasteiger partial charge in [-0.25, -0.2) is 10.8 Å². The molecule has 8 nitrogen and oxygen atoms in total. The first-order chi connectivity index (χ1) is 15.3. The van der Waals surface area contributed by atoms with Gasteiger partial charge >= 0.3 is 5.97 Å². The fourth-order valence-corrected chi connectivity index (χ4v) is 3.84. The van der Waals surface area contributed by atoms with E-state index in [0.29, 0.717) is 48.0 Å². The molecule has 1 aromatic carbocycles. The summed E-state index contributed by atoms with van der Waals surface area (Å²) in [6.45, 7) is 2.54. The highest BCUT2D eigenvalue weighted by Crippen LogP contribution is 2.29. The molecule has 1 fully saturated rings. The molecule has 1 saturated carbocycles. The molecule has 0 radical (unpaired) electrons. The zero-order valence-corrected chi connectivity index (χ0v) is 18.7. The van der Waals surface area contributed by atoms with E-state index in [1.165, 1.54) is 5.01 Å². The third kappa shape index (κ3) is 6.21. The molecule has 1 aliphatic rings. The second-order valence-corrected chi connectivity index (χ2v) is 8.17. The van der Waals surface area contributed by atoms with Crippen LogP contribution < -0.4 is 16.3 Å². The van der Waals surface area contributed by atoms with Gasteiger partial charge in [0.1, 0.15) is 5.75 Å². The number of aliphatic carboxylic acids is 1. The lowest BCUT2D eigenvalue weighted by Gasteiger charge is -2.27. The van der Waals surface area contributed by atoms with Crippen molar-refractivity contribution in [2.24, 2.45) is 17.5 Å². The zero-order valence-electron chi connectivity index (χ0n) is 18.7. The summed E-state index contributed by atoms with van der Waals surface area (Å²) < 4.78 is 11.9. The molecule has 1 unspecified atom stereocenters. The topological polar surface area (TPSA) is 124 Å². The van der Waals surface area contributed by atoms with Gasteiger partial charge in [0.05, 0.1) is 48.0 Å². The molecule has 0 amide bonds. The third-order valence-corrected chi connectivity index (χ3v) is 5.67. The van der Waals surface area contributed by atoms with Crippen molar-refractivity contribution in [2.75, 3.05) is 13.7 Å². The summed E-state index contributed by atoms with van der Waals surface area (Å²) in [4.78, 5) is 15.9. The molecule has 1 aliphatic carbocycles. The van der Waals surface area contributed by atoms with E-state index in [1.54, 1.807) is 13.1 Å². The van der Waals surface area contributed by atoms with Gasteiger partial charge in [-0.1, -0.05) is 30.3 Å². The van der Waals surface area contributed by atoms with E-state index in [2.05, 4.69) is 4.98 Å². The van der Waals surface area contributed by atoms with Gasteiger partial charge < -0.3 is 25.3 Å². The Labute approximate surface area is 188 Å². The maximum atomic E-state index is 11.3. The molecule has 2 atom stereocenters. The van der Waals surface area contributed by atoms with Crippen molar-refractivity contribution in [3.05, 3.63) is 65.1 Å². The lowest BCUT2D eigenvalue weighted by atomic mass is 9.87. The van der Waals surface area contributed by atoms with Gasteiger partial charge in [0, 0.05) is 7.05 Å². The van der Waals surface area contributed by atoms with Gasteiger partial charge in [-0.3, -0.25) is 4.79 Å². The Kier molecular flexibility index (Phi) is 8.08. The van der Waals surface area contributed by atoms with Gasteiger partial charge in [-0.15, -0.1) is 0 Å². The normalized spacial score (nSPS) is 19.2. The van der Waals surface area contributed by atoms with Crippen molar-refractivity contribution in [3.8, 4) is 5.75 Å². The summed E-state index contributed by atoms with van der Waals surface area (Å²) in [5.41, 5.74) is 9.77. The van der Waals surface area contributed by atoms with Gasteiger partial charge in [0.15, 0.2) is 0 Å². The number of aromatic nitrogens is 1. The predicted octanol–water partition coefficient (Wildman–Crippen LogP) is 3.06. The number of pyridine rings is 1. The summed E-state index contributed by atoms with van der Waals surface area (Å²) >= 11 is 0. The van der Waals surface area contributed by atoms with Crippen LogP contribution in [0.1, 0.15) is 42.6 Å². The number of ether oxygens (including phenoxy) is 2. The van der Waals surface area contributed by atoms with Gasteiger partial charge in [-0.05, 0) is 50.3 Å². The van der Waals surface area contributed by atoms with Crippen molar-refractivity contribution >= 4 is 11.7 Å². The SMILES string of the molecule is Cc1nc(/C(N)=C(\COCc2ccccc2)N(C)N)ccc1OC1CCC[C@H](C(=O)O)C1. The molecule has 1 heterocycles. The number of carboxylic acid groups (broad SMARTS) is 1. The van der Waals surface area contributed by atoms with E-state index in [4.69, 9.17) is 21.1 Å². The number of nitrogens with two attached hydrogens (primary N) is 2. The Bertz CT molecular complexity index is 946. The van der Waals surface area contributed by atoms with Crippen molar-refractivity contribution in [3.63, 3.8) is 0 Å². The first kappa shape index (κ1) is 23.6. The van der Waals surface area contributed by atoms with Crippen LogP contribution in [0.25, 0.3) is 5.70 Å². The van der Waals surface area contributed by atoms with Crippen LogP contribution >= 0.6 is 0 Å². The molecule has 0 aliphatic heterocycles. The second kappa shape index (κ2) is 11.0. The largest absolute Gasteiger partial charge is 0.489 e. The van der Waals surface area contributed by atoms with Crippen LogP contribution in [0.3, 0.4) is 0 Å². The molecule has 8 heteroatoms. The quantitative estimate of drug-likeness (QED) is 0.401. The van der Waals surface area contributed by atoms with Crippen molar-refractivity contribution < 1.29 is 19.4 Å². The van der Waals surface area contributed by atoms with E-state index >= 15 is 0 Å². The van der Waals surface area contributed by atoms with Crippen molar-refractivity contribution in [1.82, 2.24) is 9.99 Å². The Morgan fingerprint density at radius 2 is 1.97 bits per heavy atom.